The van der Waals surface area contributed by atoms with E-state index in [0.717, 1.165) is 28.0 Å². The van der Waals surface area contributed by atoms with Crippen molar-refractivity contribution in [2.75, 3.05) is 7.11 Å². The SMILES string of the molecule is COc1ccc(-n2ccc(/C=C(\C#N)c3nc4ccccc4[nH]3)c2)cc1. The Balaban J connectivity index is 1.66. The molecule has 0 spiro atoms. The second kappa shape index (κ2) is 6.61. The third kappa shape index (κ3) is 2.96. The van der Waals surface area contributed by atoms with Crippen LogP contribution in [0.2, 0.25) is 0 Å². The molecule has 0 radical (unpaired) electrons. The highest BCUT2D eigenvalue weighted by atomic mass is 16.5. The summed E-state index contributed by atoms with van der Waals surface area (Å²) in [7, 11) is 1.65. The number of imidazole rings is 1. The zero-order valence-corrected chi connectivity index (χ0v) is 14.2. The van der Waals surface area contributed by atoms with E-state index < -0.39 is 0 Å². The van der Waals surface area contributed by atoms with Crippen LogP contribution in [0.25, 0.3) is 28.4 Å². The van der Waals surface area contributed by atoms with Crippen LogP contribution in [0.4, 0.5) is 0 Å². The van der Waals surface area contributed by atoms with Crippen molar-refractivity contribution in [1.29, 1.82) is 5.26 Å². The van der Waals surface area contributed by atoms with E-state index in [9.17, 15) is 5.26 Å². The van der Waals surface area contributed by atoms with Gasteiger partial charge in [-0.15, -0.1) is 0 Å². The Labute approximate surface area is 150 Å². The van der Waals surface area contributed by atoms with E-state index in [1.807, 2.05) is 77.6 Å². The number of hydrogen-bond acceptors (Lipinski definition) is 3. The topological polar surface area (TPSA) is 66.6 Å². The summed E-state index contributed by atoms with van der Waals surface area (Å²) in [6, 6.07) is 19.7. The lowest BCUT2D eigenvalue weighted by molar-refractivity contribution is 0.415. The normalized spacial score (nSPS) is 11.5. The predicted octanol–water partition coefficient (Wildman–Crippen LogP) is 4.43. The van der Waals surface area contributed by atoms with E-state index in [0.29, 0.717) is 11.4 Å². The fraction of sp³-hybridized carbons (Fsp3) is 0.0476. The molecule has 126 valence electrons. The zero-order chi connectivity index (χ0) is 17.9. The molecule has 2 aromatic heterocycles. The number of allylic oxidation sites excluding steroid dienone is 1. The Morgan fingerprint density at radius 3 is 2.69 bits per heavy atom. The third-order valence-corrected chi connectivity index (χ3v) is 4.16. The summed E-state index contributed by atoms with van der Waals surface area (Å²) in [5, 5.41) is 9.55. The van der Waals surface area contributed by atoms with E-state index in [4.69, 9.17) is 4.74 Å². The molecule has 0 aliphatic carbocycles. The molecule has 5 nitrogen and oxygen atoms in total. The first kappa shape index (κ1) is 15.7. The van der Waals surface area contributed by atoms with Gasteiger partial charge in [-0.25, -0.2) is 4.98 Å². The van der Waals surface area contributed by atoms with Gasteiger partial charge in [0.15, 0.2) is 0 Å². The van der Waals surface area contributed by atoms with E-state index in [1.54, 1.807) is 7.11 Å². The van der Waals surface area contributed by atoms with Crippen LogP contribution in [0.15, 0.2) is 67.0 Å². The molecule has 5 heteroatoms. The second-order valence-electron chi connectivity index (χ2n) is 5.82. The Morgan fingerprint density at radius 1 is 1.15 bits per heavy atom. The minimum atomic E-state index is 0.494. The molecule has 1 N–H and O–H groups in total. The maximum atomic E-state index is 9.55. The molecule has 0 aliphatic heterocycles. The van der Waals surface area contributed by atoms with Crippen LogP contribution in [-0.4, -0.2) is 21.6 Å². The number of rotatable bonds is 4. The number of aromatic amines is 1. The monoisotopic (exact) mass is 340 g/mol. The lowest BCUT2D eigenvalue weighted by Gasteiger charge is -2.04. The number of aromatic nitrogens is 3. The Kier molecular flexibility index (Phi) is 4.00. The van der Waals surface area contributed by atoms with Crippen molar-refractivity contribution < 1.29 is 4.74 Å². The first-order valence-electron chi connectivity index (χ1n) is 8.16. The average molecular weight is 340 g/mol. The average Bonchev–Trinajstić information content (AvgIpc) is 3.33. The lowest BCUT2D eigenvalue weighted by Crippen LogP contribution is -1.90. The number of hydrogen-bond donors (Lipinski definition) is 1. The predicted molar refractivity (Wildman–Crippen MR) is 102 cm³/mol. The van der Waals surface area contributed by atoms with Crippen LogP contribution in [0.3, 0.4) is 0 Å². The second-order valence-corrected chi connectivity index (χ2v) is 5.82. The maximum Gasteiger partial charge on any atom is 0.149 e. The van der Waals surface area contributed by atoms with Gasteiger partial charge >= 0.3 is 0 Å². The molecule has 0 unspecified atom stereocenters. The van der Waals surface area contributed by atoms with Crippen molar-refractivity contribution in [3.05, 3.63) is 78.4 Å². The van der Waals surface area contributed by atoms with Gasteiger partial charge in [0.1, 0.15) is 17.6 Å². The van der Waals surface area contributed by atoms with Gasteiger partial charge in [-0.05, 0) is 54.1 Å². The molecule has 0 atom stereocenters. The van der Waals surface area contributed by atoms with Gasteiger partial charge in [0.25, 0.3) is 0 Å². The number of methoxy groups -OCH3 is 1. The van der Waals surface area contributed by atoms with Gasteiger partial charge in [-0.1, -0.05) is 12.1 Å². The molecule has 0 amide bonds. The molecule has 4 rings (SSSR count). The highest BCUT2D eigenvalue weighted by molar-refractivity contribution is 5.90. The third-order valence-electron chi connectivity index (χ3n) is 4.16. The standard InChI is InChI=1S/C21H16N4O/c1-26-18-8-6-17(7-9-18)25-11-10-15(14-25)12-16(13-22)21-23-19-4-2-3-5-20(19)24-21/h2-12,14H,1H3,(H,23,24)/b16-12+. The number of benzene rings is 2. The highest BCUT2D eigenvalue weighted by Gasteiger charge is 2.08. The van der Waals surface area contributed by atoms with Crippen molar-refractivity contribution >= 4 is 22.7 Å². The number of nitrogens with zero attached hydrogens (tertiary/aromatic N) is 3. The molecule has 0 fully saturated rings. The van der Waals surface area contributed by atoms with Gasteiger partial charge in [0.2, 0.25) is 0 Å². The Bertz CT molecular complexity index is 1090. The van der Waals surface area contributed by atoms with E-state index >= 15 is 0 Å². The van der Waals surface area contributed by atoms with E-state index in [-0.39, 0.29) is 0 Å². The van der Waals surface area contributed by atoms with Gasteiger partial charge in [0, 0.05) is 18.1 Å². The molecule has 26 heavy (non-hydrogen) atoms. The van der Waals surface area contributed by atoms with Crippen LogP contribution in [0.1, 0.15) is 11.4 Å². The molecule has 0 aliphatic rings. The fourth-order valence-electron chi connectivity index (χ4n) is 2.81. The molecule has 2 heterocycles. The van der Waals surface area contributed by atoms with Gasteiger partial charge in [-0.3, -0.25) is 0 Å². The van der Waals surface area contributed by atoms with Gasteiger partial charge in [-0.2, -0.15) is 5.26 Å². The quantitative estimate of drug-likeness (QED) is 0.559. The summed E-state index contributed by atoms with van der Waals surface area (Å²) in [6.07, 6.45) is 5.76. The van der Waals surface area contributed by atoms with Gasteiger partial charge < -0.3 is 14.3 Å². The highest BCUT2D eigenvalue weighted by Crippen LogP contribution is 2.21. The largest absolute Gasteiger partial charge is 0.497 e. The van der Waals surface area contributed by atoms with Crippen LogP contribution < -0.4 is 4.74 Å². The summed E-state index contributed by atoms with van der Waals surface area (Å²) in [5.74, 6) is 1.39. The summed E-state index contributed by atoms with van der Waals surface area (Å²) < 4.78 is 7.19. The van der Waals surface area contributed by atoms with Crippen molar-refractivity contribution in [1.82, 2.24) is 14.5 Å². The molecule has 0 saturated heterocycles. The van der Waals surface area contributed by atoms with Crippen LogP contribution in [-0.2, 0) is 0 Å². The summed E-state index contributed by atoms with van der Waals surface area (Å²) >= 11 is 0. The fourth-order valence-corrected chi connectivity index (χ4v) is 2.81. The Morgan fingerprint density at radius 2 is 1.96 bits per heavy atom. The minimum absolute atomic E-state index is 0.494. The first-order chi connectivity index (χ1) is 12.8. The molecule has 2 aromatic carbocycles. The summed E-state index contributed by atoms with van der Waals surface area (Å²) in [6.45, 7) is 0. The van der Waals surface area contributed by atoms with Crippen molar-refractivity contribution in [3.63, 3.8) is 0 Å². The number of nitrogens with one attached hydrogen (secondary N) is 1. The minimum Gasteiger partial charge on any atom is -0.497 e. The zero-order valence-electron chi connectivity index (χ0n) is 14.2. The molecular weight excluding hydrogens is 324 g/mol. The summed E-state index contributed by atoms with van der Waals surface area (Å²) in [5.41, 5.74) is 4.21. The van der Waals surface area contributed by atoms with Crippen LogP contribution in [0, 0.1) is 11.3 Å². The van der Waals surface area contributed by atoms with Crippen LogP contribution >= 0.6 is 0 Å². The van der Waals surface area contributed by atoms with Crippen LogP contribution in [0.5, 0.6) is 5.75 Å². The number of fused-ring (bicyclic) bond motifs is 1. The van der Waals surface area contributed by atoms with E-state index in [1.165, 1.54) is 0 Å². The molecule has 4 aromatic rings. The van der Waals surface area contributed by atoms with Crippen molar-refractivity contribution in [3.8, 4) is 17.5 Å². The Hall–Kier alpha value is -3.78. The summed E-state index contributed by atoms with van der Waals surface area (Å²) in [4.78, 5) is 7.69. The molecule has 0 bridgehead atoms. The number of ether oxygens (including phenoxy) is 1. The number of H-pyrrole nitrogens is 1. The smallest absolute Gasteiger partial charge is 0.149 e. The first-order valence-corrected chi connectivity index (χ1v) is 8.16. The lowest BCUT2D eigenvalue weighted by atomic mass is 10.2. The van der Waals surface area contributed by atoms with E-state index in [2.05, 4.69) is 16.0 Å². The van der Waals surface area contributed by atoms with Crippen molar-refractivity contribution in [2.24, 2.45) is 0 Å². The molecular formula is C21H16N4O. The maximum absolute atomic E-state index is 9.55. The molecule has 0 saturated carbocycles. The number of para-hydroxylation sites is 2. The van der Waals surface area contributed by atoms with Crippen molar-refractivity contribution in [2.45, 2.75) is 0 Å². The number of nitriles is 1. The van der Waals surface area contributed by atoms with Gasteiger partial charge in [0.05, 0.1) is 23.7 Å².